The van der Waals surface area contributed by atoms with E-state index in [1.807, 2.05) is 13.0 Å². The number of methoxy groups -OCH3 is 1. The predicted molar refractivity (Wildman–Crippen MR) is 107 cm³/mol. The highest BCUT2D eigenvalue weighted by Gasteiger charge is 2.20. The Morgan fingerprint density at radius 1 is 1.29 bits per heavy atom. The van der Waals surface area contributed by atoms with Gasteiger partial charge in [0.25, 0.3) is 5.91 Å². The van der Waals surface area contributed by atoms with Gasteiger partial charge in [-0.25, -0.2) is 4.79 Å². The van der Waals surface area contributed by atoms with E-state index in [1.165, 1.54) is 13.2 Å². The summed E-state index contributed by atoms with van der Waals surface area (Å²) in [7, 11) is 1.28. The maximum absolute atomic E-state index is 12.4. The van der Waals surface area contributed by atoms with Crippen molar-refractivity contribution in [1.82, 2.24) is 5.32 Å². The van der Waals surface area contributed by atoms with Crippen LogP contribution in [0.25, 0.3) is 6.08 Å². The SMILES string of the molecule is CCOc1cc(/C=C(/C#N)C(=O)NC2CCCC2)c(Br)cc1OCC(=O)OC. The molecular weight excluding hydrogens is 428 g/mol. The standard InChI is InChI=1S/C20H23BrN2O5/c1-3-27-17-9-13(16(21)10-18(17)28-12-19(24)26-2)8-14(11-22)20(25)23-15-6-4-5-7-15/h8-10,15H,3-7,12H2,1-2H3,(H,23,25)/b14-8-. The summed E-state index contributed by atoms with van der Waals surface area (Å²) < 4.78 is 16.2. The Hall–Kier alpha value is -2.53. The average Bonchev–Trinajstić information content (AvgIpc) is 3.19. The minimum absolute atomic E-state index is 0.0123. The number of carbonyl (C=O) groups excluding carboxylic acids is 2. The first-order chi connectivity index (χ1) is 13.5. The average molecular weight is 451 g/mol. The Morgan fingerprint density at radius 2 is 1.96 bits per heavy atom. The zero-order valence-corrected chi connectivity index (χ0v) is 17.5. The van der Waals surface area contributed by atoms with Gasteiger partial charge in [0.15, 0.2) is 18.1 Å². The number of amides is 1. The van der Waals surface area contributed by atoms with Crippen LogP contribution in [0.2, 0.25) is 0 Å². The van der Waals surface area contributed by atoms with Crippen LogP contribution in [0.1, 0.15) is 38.2 Å². The summed E-state index contributed by atoms with van der Waals surface area (Å²) in [5, 5.41) is 12.3. The van der Waals surface area contributed by atoms with Gasteiger partial charge in [0, 0.05) is 10.5 Å². The van der Waals surface area contributed by atoms with Crippen LogP contribution in [-0.4, -0.2) is 38.2 Å². The molecule has 1 amide bonds. The summed E-state index contributed by atoms with van der Waals surface area (Å²) in [6.07, 6.45) is 5.56. The molecule has 1 N–H and O–H groups in total. The molecule has 0 atom stereocenters. The van der Waals surface area contributed by atoms with Crippen LogP contribution in [0.4, 0.5) is 0 Å². The van der Waals surface area contributed by atoms with Crippen LogP contribution >= 0.6 is 15.9 Å². The highest BCUT2D eigenvalue weighted by molar-refractivity contribution is 9.10. The van der Waals surface area contributed by atoms with Gasteiger partial charge in [-0.1, -0.05) is 28.8 Å². The fraction of sp³-hybridized carbons (Fsp3) is 0.450. The molecule has 0 bridgehead atoms. The van der Waals surface area contributed by atoms with Gasteiger partial charge in [0.2, 0.25) is 0 Å². The van der Waals surface area contributed by atoms with E-state index in [-0.39, 0.29) is 24.1 Å². The van der Waals surface area contributed by atoms with E-state index < -0.39 is 5.97 Å². The van der Waals surface area contributed by atoms with Gasteiger partial charge in [0.05, 0.1) is 13.7 Å². The molecule has 1 aliphatic carbocycles. The molecule has 1 fully saturated rings. The quantitative estimate of drug-likeness (QED) is 0.370. The number of esters is 1. The summed E-state index contributed by atoms with van der Waals surface area (Å²) >= 11 is 3.41. The first-order valence-electron chi connectivity index (χ1n) is 9.07. The first kappa shape index (κ1) is 21.8. The van der Waals surface area contributed by atoms with E-state index in [1.54, 1.807) is 12.1 Å². The molecule has 1 aromatic rings. The Balaban J connectivity index is 2.25. The zero-order chi connectivity index (χ0) is 20.5. The maximum atomic E-state index is 12.4. The van der Waals surface area contributed by atoms with Gasteiger partial charge < -0.3 is 19.5 Å². The van der Waals surface area contributed by atoms with Gasteiger partial charge in [-0.05, 0) is 43.5 Å². The first-order valence-corrected chi connectivity index (χ1v) is 9.86. The number of benzene rings is 1. The number of ether oxygens (including phenoxy) is 3. The van der Waals surface area contributed by atoms with Crippen LogP contribution in [-0.2, 0) is 14.3 Å². The predicted octanol–water partition coefficient (Wildman–Crippen LogP) is 3.37. The minimum atomic E-state index is -0.516. The number of halogens is 1. The molecule has 1 saturated carbocycles. The summed E-state index contributed by atoms with van der Waals surface area (Å²) in [5.74, 6) is -0.150. The minimum Gasteiger partial charge on any atom is -0.490 e. The third kappa shape index (κ3) is 5.99. The fourth-order valence-electron chi connectivity index (χ4n) is 2.88. The van der Waals surface area contributed by atoms with E-state index in [9.17, 15) is 14.9 Å². The number of nitriles is 1. The lowest BCUT2D eigenvalue weighted by atomic mass is 10.1. The van der Waals surface area contributed by atoms with Crippen LogP contribution in [0.3, 0.4) is 0 Å². The van der Waals surface area contributed by atoms with Crippen molar-refractivity contribution in [2.24, 2.45) is 0 Å². The Morgan fingerprint density at radius 3 is 2.57 bits per heavy atom. The molecule has 8 heteroatoms. The third-order valence-corrected chi connectivity index (χ3v) is 4.98. The lowest BCUT2D eigenvalue weighted by molar-refractivity contribution is -0.142. The van der Waals surface area contributed by atoms with E-state index >= 15 is 0 Å². The Kier molecular flexibility index (Phi) is 8.33. The van der Waals surface area contributed by atoms with Gasteiger partial charge >= 0.3 is 5.97 Å². The molecule has 0 aromatic heterocycles. The van der Waals surface area contributed by atoms with Crippen molar-refractivity contribution < 1.29 is 23.8 Å². The molecule has 7 nitrogen and oxygen atoms in total. The highest BCUT2D eigenvalue weighted by atomic mass is 79.9. The lowest BCUT2D eigenvalue weighted by Gasteiger charge is -2.14. The summed E-state index contributed by atoms with van der Waals surface area (Å²) in [6, 6.07) is 5.37. The molecule has 0 saturated heterocycles. The summed E-state index contributed by atoms with van der Waals surface area (Å²) in [6.45, 7) is 1.94. The summed E-state index contributed by atoms with van der Waals surface area (Å²) in [4.78, 5) is 23.7. The fourth-order valence-corrected chi connectivity index (χ4v) is 3.31. The maximum Gasteiger partial charge on any atom is 0.343 e. The Bertz CT molecular complexity index is 795. The monoisotopic (exact) mass is 450 g/mol. The van der Waals surface area contributed by atoms with Crippen molar-refractivity contribution in [2.75, 3.05) is 20.3 Å². The topological polar surface area (TPSA) is 97.6 Å². The van der Waals surface area contributed by atoms with E-state index in [2.05, 4.69) is 26.0 Å². The normalized spacial score (nSPS) is 14.3. The molecule has 0 unspecified atom stereocenters. The number of hydrogen-bond acceptors (Lipinski definition) is 6. The van der Waals surface area contributed by atoms with E-state index in [0.29, 0.717) is 28.1 Å². The second kappa shape index (κ2) is 10.7. The van der Waals surface area contributed by atoms with Crippen LogP contribution in [0.15, 0.2) is 22.2 Å². The van der Waals surface area contributed by atoms with Crippen molar-refractivity contribution in [1.29, 1.82) is 5.26 Å². The van der Waals surface area contributed by atoms with Crippen LogP contribution in [0.5, 0.6) is 11.5 Å². The molecular formula is C20H23BrN2O5. The molecule has 1 aliphatic rings. The molecule has 2 rings (SSSR count). The molecule has 1 aromatic carbocycles. The largest absolute Gasteiger partial charge is 0.490 e. The Labute approximate surface area is 172 Å². The van der Waals surface area contributed by atoms with Crippen molar-refractivity contribution in [3.05, 3.63) is 27.7 Å². The van der Waals surface area contributed by atoms with Crippen molar-refractivity contribution >= 4 is 33.9 Å². The lowest BCUT2D eigenvalue weighted by Crippen LogP contribution is -2.33. The van der Waals surface area contributed by atoms with E-state index in [0.717, 1.165) is 25.7 Å². The number of nitrogens with one attached hydrogen (secondary N) is 1. The highest BCUT2D eigenvalue weighted by Crippen LogP contribution is 2.35. The van der Waals surface area contributed by atoms with Gasteiger partial charge in [-0.3, -0.25) is 4.79 Å². The van der Waals surface area contributed by atoms with Crippen molar-refractivity contribution in [3.63, 3.8) is 0 Å². The van der Waals surface area contributed by atoms with Crippen LogP contribution < -0.4 is 14.8 Å². The number of carbonyl (C=O) groups is 2. The second-order valence-electron chi connectivity index (χ2n) is 6.24. The van der Waals surface area contributed by atoms with Crippen molar-refractivity contribution in [3.8, 4) is 17.6 Å². The molecule has 0 spiro atoms. The van der Waals surface area contributed by atoms with E-state index in [4.69, 9.17) is 9.47 Å². The van der Waals surface area contributed by atoms with Gasteiger partial charge in [-0.15, -0.1) is 0 Å². The van der Waals surface area contributed by atoms with Crippen molar-refractivity contribution in [2.45, 2.75) is 38.6 Å². The second-order valence-corrected chi connectivity index (χ2v) is 7.10. The molecule has 0 heterocycles. The molecule has 0 aliphatic heterocycles. The number of nitrogens with zero attached hydrogens (tertiary/aromatic N) is 1. The smallest absolute Gasteiger partial charge is 0.343 e. The molecule has 150 valence electrons. The molecule has 28 heavy (non-hydrogen) atoms. The number of rotatable bonds is 8. The number of hydrogen-bond donors (Lipinski definition) is 1. The van der Waals surface area contributed by atoms with Crippen LogP contribution in [0, 0.1) is 11.3 Å². The molecule has 0 radical (unpaired) electrons. The van der Waals surface area contributed by atoms with Gasteiger partial charge in [0.1, 0.15) is 11.6 Å². The van der Waals surface area contributed by atoms with Gasteiger partial charge in [-0.2, -0.15) is 5.26 Å². The third-order valence-electron chi connectivity index (χ3n) is 4.29. The zero-order valence-electron chi connectivity index (χ0n) is 15.9. The summed E-state index contributed by atoms with van der Waals surface area (Å²) in [5.41, 5.74) is 0.602.